The van der Waals surface area contributed by atoms with E-state index in [9.17, 15) is 4.39 Å². The zero-order valence-corrected chi connectivity index (χ0v) is 11.4. The van der Waals surface area contributed by atoms with E-state index in [-0.39, 0.29) is 5.82 Å². The summed E-state index contributed by atoms with van der Waals surface area (Å²) in [5.41, 5.74) is 2.86. The number of pyridine rings is 1. The van der Waals surface area contributed by atoms with Crippen molar-refractivity contribution in [3.63, 3.8) is 0 Å². The van der Waals surface area contributed by atoms with E-state index in [2.05, 4.69) is 10.3 Å². The molecular formula is C16H12ClFN2. The Morgan fingerprint density at radius 1 is 1.05 bits per heavy atom. The number of rotatable bonds is 3. The standard InChI is InChI=1S/C16H12ClFN2/c17-12-3-6-15-14(9-12)16(7-8-19-15)20-10-11-1-4-13(18)5-2-11/h1-9H,10H2,(H,19,20). The summed E-state index contributed by atoms with van der Waals surface area (Å²) in [6, 6.07) is 13.9. The maximum Gasteiger partial charge on any atom is 0.123 e. The minimum absolute atomic E-state index is 0.227. The molecule has 3 aromatic rings. The summed E-state index contributed by atoms with van der Waals surface area (Å²) in [6.07, 6.45) is 1.75. The van der Waals surface area contributed by atoms with Crippen LogP contribution in [0.2, 0.25) is 5.02 Å². The van der Waals surface area contributed by atoms with Crippen LogP contribution < -0.4 is 5.32 Å². The van der Waals surface area contributed by atoms with Crippen LogP contribution in [0.4, 0.5) is 10.1 Å². The van der Waals surface area contributed by atoms with Crippen molar-refractivity contribution in [2.24, 2.45) is 0 Å². The molecule has 0 aliphatic heterocycles. The first-order chi connectivity index (χ1) is 9.72. The van der Waals surface area contributed by atoms with E-state index in [1.54, 1.807) is 18.3 Å². The molecule has 0 saturated heterocycles. The topological polar surface area (TPSA) is 24.9 Å². The average Bonchev–Trinajstić information content (AvgIpc) is 2.47. The van der Waals surface area contributed by atoms with Crippen LogP contribution >= 0.6 is 11.6 Å². The third-order valence-electron chi connectivity index (χ3n) is 3.10. The fourth-order valence-corrected chi connectivity index (χ4v) is 2.24. The van der Waals surface area contributed by atoms with Crippen molar-refractivity contribution >= 4 is 28.2 Å². The van der Waals surface area contributed by atoms with E-state index in [4.69, 9.17) is 11.6 Å². The van der Waals surface area contributed by atoms with Crippen LogP contribution in [-0.4, -0.2) is 4.98 Å². The van der Waals surface area contributed by atoms with Gasteiger partial charge in [-0.3, -0.25) is 4.98 Å². The Hall–Kier alpha value is -2.13. The Labute approximate surface area is 121 Å². The molecule has 0 amide bonds. The van der Waals surface area contributed by atoms with Crippen LogP contribution in [0.25, 0.3) is 10.9 Å². The highest BCUT2D eigenvalue weighted by Crippen LogP contribution is 2.25. The highest BCUT2D eigenvalue weighted by Gasteiger charge is 2.03. The molecule has 0 aliphatic carbocycles. The van der Waals surface area contributed by atoms with Gasteiger partial charge in [0.25, 0.3) is 0 Å². The number of anilines is 1. The molecule has 0 radical (unpaired) electrons. The molecule has 2 aromatic carbocycles. The van der Waals surface area contributed by atoms with Gasteiger partial charge in [-0.2, -0.15) is 0 Å². The van der Waals surface area contributed by atoms with Crippen LogP contribution in [0.5, 0.6) is 0 Å². The average molecular weight is 287 g/mol. The van der Waals surface area contributed by atoms with Gasteiger partial charge in [0, 0.05) is 28.8 Å². The lowest BCUT2D eigenvalue weighted by Gasteiger charge is -2.09. The van der Waals surface area contributed by atoms with Crippen LogP contribution in [0, 0.1) is 5.82 Å². The quantitative estimate of drug-likeness (QED) is 0.759. The van der Waals surface area contributed by atoms with Crippen LogP contribution in [0.15, 0.2) is 54.7 Å². The molecule has 20 heavy (non-hydrogen) atoms. The van der Waals surface area contributed by atoms with E-state index >= 15 is 0 Å². The number of fused-ring (bicyclic) bond motifs is 1. The summed E-state index contributed by atoms with van der Waals surface area (Å²) >= 11 is 6.03. The zero-order chi connectivity index (χ0) is 13.9. The normalized spacial score (nSPS) is 10.7. The Morgan fingerprint density at radius 2 is 1.85 bits per heavy atom. The van der Waals surface area contributed by atoms with Crippen molar-refractivity contribution in [1.82, 2.24) is 4.98 Å². The lowest BCUT2D eigenvalue weighted by molar-refractivity contribution is 0.627. The number of nitrogens with one attached hydrogen (secondary N) is 1. The van der Waals surface area contributed by atoms with Crippen molar-refractivity contribution in [3.05, 3.63) is 71.1 Å². The van der Waals surface area contributed by atoms with Crippen LogP contribution in [0.1, 0.15) is 5.56 Å². The Kier molecular flexibility index (Phi) is 3.52. The number of aromatic nitrogens is 1. The second kappa shape index (κ2) is 5.47. The highest BCUT2D eigenvalue weighted by molar-refractivity contribution is 6.31. The molecule has 0 spiro atoms. The van der Waals surface area contributed by atoms with Crippen LogP contribution in [0.3, 0.4) is 0 Å². The fourth-order valence-electron chi connectivity index (χ4n) is 2.07. The van der Waals surface area contributed by atoms with Gasteiger partial charge in [-0.25, -0.2) is 4.39 Å². The molecule has 3 rings (SSSR count). The zero-order valence-electron chi connectivity index (χ0n) is 10.6. The molecule has 2 nitrogen and oxygen atoms in total. The third kappa shape index (κ3) is 2.73. The molecule has 0 unspecified atom stereocenters. The summed E-state index contributed by atoms with van der Waals surface area (Å²) in [5, 5.41) is 4.98. The molecule has 0 fully saturated rings. The van der Waals surface area contributed by atoms with Gasteiger partial charge in [-0.1, -0.05) is 23.7 Å². The smallest absolute Gasteiger partial charge is 0.123 e. The number of halogens is 2. The molecule has 1 N–H and O–H groups in total. The monoisotopic (exact) mass is 286 g/mol. The molecule has 0 saturated carbocycles. The molecular weight excluding hydrogens is 275 g/mol. The van der Waals surface area contributed by atoms with Gasteiger partial charge >= 0.3 is 0 Å². The largest absolute Gasteiger partial charge is 0.380 e. The molecule has 0 bridgehead atoms. The van der Waals surface area contributed by atoms with Crippen molar-refractivity contribution in [3.8, 4) is 0 Å². The van der Waals surface area contributed by atoms with E-state index in [0.717, 1.165) is 22.2 Å². The summed E-state index contributed by atoms with van der Waals surface area (Å²) < 4.78 is 12.9. The van der Waals surface area contributed by atoms with Gasteiger partial charge in [-0.15, -0.1) is 0 Å². The molecule has 4 heteroatoms. The predicted octanol–water partition coefficient (Wildman–Crippen LogP) is 4.64. The number of hydrogen-bond donors (Lipinski definition) is 1. The van der Waals surface area contributed by atoms with Gasteiger partial charge in [-0.05, 0) is 42.0 Å². The van der Waals surface area contributed by atoms with Gasteiger partial charge in [0.05, 0.1) is 5.52 Å². The molecule has 0 aliphatic rings. The van der Waals surface area contributed by atoms with Gasteiger partial charge in [0.15, 0.2) is 0 Å². The summed E-state index contributed by atoms with van der Waals surface area (Å²) in [5.74, 6) is -0.227. The second-order valence-electron chi connectivity index (χ2n) is 4.50. The number of hydrogen-bond acceptors (Lipinski definition) is 2. The Balaban J connectivity index is 1.87. The van der Waals surface area contributed by atoms with E-state index < -0.39 is 0 Å². The highest BCUT2D eigenvalue weighted by atomic mass is 35.5. The predicted molar refractivity (Wildman–Crippen MR) is 80.5 cm³/mol. The van der Waals surface area contributed by atoms with Crippen LogP contribution in [-0.2, 0) is 6.54 Å². The lowest BCUT2D eigenvalue weighted by Crippen LogP contribution is -2.00. The maximum atomic E-state index is 12.9. The summed E-state index contributed by atoms with van der Waals surface area (Å²) in [4.78, 5) is 4.30. The Morgan fingerprint density at radius 3 is 2.65 bits per heavy atom. The molecule has 0 atom stereocenters. The van der Waals surface area contributed by atoms with Crippen molar-refractivity contribution in [2.45, 2.75) is 6.54 Å². The maximum absolute atomic E-state index is 12.9. The van der Waals surface area contributed by atoms with Crippen molar-refractivity contribution < 1.29 is 4.39 Å². The first-order valence-electron chi connectivity index (χ1n) is 6.25. The molecule has 1 aromatic heterocycles. The number of benzene rings is 2. The van der Waals surface area contributed by atoms with Gasteiger partial charge in [0.1, 0.15) is 5.82 Å². The Bertz CT molecular complexity index is 741. The molecule has 1 heterocycles. The van der Waals surface area contributed by atoms with Gasteiger partial charge < -0.3 is 5.32 Å². The fraction of sp³-hybridized carbons (Fsp3) is 0.0625. The first kappa shape index (κ1) is 12.9. The summed E-state index contributed by atoms with van der Waals surface area (Å²) in [7, 11) is 0. The van der Waals surface area contributed by atoms with E-state index in [0.29, 0.717) is 11.6 Å². The molecule has 100 valence electrons. The lowest BCUT2D eigenvalue weighted by atomic mass is 10.1. The SMILES string of the molecule is Fc1ccc(CNc2ccnc3ccc(Cl)cc23)cc1. The minimum Gasteiger partial charge on any atom is -0.380 e. The number of nitrogens with zero attached hydrogens (tertiary/aromatic N) is 1. The van der Waals surface area contributed by atoms with Crippen molar-refractivity contribution in [1.29, 1.82) is 0 Å². The second-order valence-corrected chi connectivity index (χ2v) is 4.94. The van der Waals surface area contributed by atoms with E-state index in [1.807, 2.05) is 24.3 Å². The minimum atomic E-state index is -0.227. The van der Waals surface area contributed by atoms with E-state index in [1.165, 1.54) is 12.1 Å². The third-order valence-corrected chi connectivity index (χ3v) is 3.33. The summed E-state index contributed by atoms with van der Waals surface area (Å²) in [6.45, 7) is 0.617. The van der Waals surface area contributed by atoms with Gasteiger partial charge in [0.2, 0.25) is 0 Å². The first-order valence-corrected chi connectivity index (χ1v) is 6.63. The van der Waals surface area contributed by atoms with Crippen molar-refractivity contribution in [2.75, 3.05) is 5.32 Å².